The number of hydrogen-bond acceptors (Lipinski definition) is 27. The maximum atomic E-state index is 16.1. The number of nitrogens with one attached hydrogen (secondary N) is 5. The molecule has 828 valence electrons. The lowest BCUT2D eigenvalue weighted by atomic mass is 9.71. The van der Waals surface area contributed by atoms with Crippen LogP contribution in [0.25, 0.3) is 11.3 Å². The maximum absolute atomic E-state index is 16.1. The highest BCUT2D eigenvalue weighted by Gasteiger charge is 2.40. The summed E-state index contributed by atoms with van der Waals surface area (Å²) in [6, 6.07) is 18.7. The topological polar surface area (TPSA) is 442 Å². The predicted octanol–water partition coefficient (Wildman–Crippen LogP) is 14.5. The van der Waals surface area contributed by atoms with Crippen LogP contribution < -0.4 is 30.9 Å². The van der Waals surface area contributed by atoms with Crippen molar-refractivity contribution in [1.82, 2.24) is 35.6 Å². The fraction of sp³-hybridized carbons (Fsp3) is 0.636. The number of aromatic amines is 1. The summed E-state index contributed by atoms with van der Waals surface area (Å²) in [6.07, 6.45) is 21.0. The van der Waals surface area contributed by atoms with Crippen LogP contribution in [0.1, 0.15) is 243 Å². The van der Waals surface area contributed by atoms with Crippen molar-refractivity contribution in [2.24, 2.45) is 15.4 Å². The molecule has 3 fully saturated rings. The minimum Gasteiger partial charge on any atom is -0.495 e. The van der Waals surface area contributed by atoms with Crippen molar-refractivity contribution in [3.05, 3.63) is 129 Å². The lowest BCUT2D eigenvalue weighted by Crippen LogP contribution is -2.50. The number of halogens is 2. The second kappa shape index (κ2) is 70.5. The van der Waals surface area contributed by atoms with E-state index in [1.54, 1.807) is 46.0 Å². The number of H-pyrrole nitrogens is 1. The lowest BCUT2D eigenvalue weighted by Gasteiger charge is -2.47. The minimum atomic E-state index is -1.41. The molecule has 4 heterocycles. The van der Waals surface area contributed by atoms with Crippen LogP contribution in [0.5, 0.6) is 5.75 Å². The van der Waals surface area contributed by atoms with Gasteiger partial charge in [-0.1, -0.05) is 121 Å². The second-order valence-electron chi connectivity index (χ2n) is 38.0. The first-order chi connectivity index (χ1) is 72.2. The standard InChI is InChI=1S/C110H163F2N11O26/c1-9-10-11-12-13-14-18-21-24-45-122(100(127)25-22-19-16-15-17-20-23-26-101(128)129)94(106(132)133)34-36-97(124)115-44-53-138-55-57-140-59-61-142-63-65-144-67-69-146-71-73-148-75-74-147-72-70-145-68-66-143-64-62-141-60-58-139-56-54-137-52-39-99(126)116-82(3)107(134)149-109(4,5)86-32-33-88(91(112)77-86)104(130)118-92-79-87(111)78-89(81(92)2)102(113-6)90-80-93(117-103(90)114-7)84-29-27-83(28-30-84)37-46-120-48-40-110(41-49-120)42-50-121(51-43-110)105(131)85-31-35-96(136-8)95(76-85)123-47-38-98(125)119-108(123)135/h27-33,35,76-80,82,94,117H,7,9-26,34,36-75H2,1-6,8H3,(H,115,124)(H,116,126)(H,118,130)(H,128,129)(H,132,133)(H,119,125,135)/b113-102-/t82-,94?/m0/s1. The van der Waals surface area contributed by atoms with Gasteiger partial charge in [-0.3, -0.25) is 48.8 Å². The van der Waals surface area contributed by atoms with Gasteiger partial charge in [0.25, 0.3) is 11.8 Å². The number of piperidine rings is 2. The van der Waals surface area contributed by atoms with Crippen molar-refractivity contribution in [1.29, 1.82) is 0 Å². The quantitative estimate of drug-likeness (QED) is 0.0108. The summed E-state index contributed by atoms with van der Waals surface area (Å²) < 4.78 is 110. The third-order valence-electron chi connectivity index (χ3n) is 26.6. The summed E-state index contributed by atoms with van der Waals surface area (Å²) in [5.41, 5.74) is 4.03. The Morgan fingerprint density at radius 1 is 0.570 bits per heavy atom. The minimum absolute atomic E-state index is 0.0154. The zero-order valence-corrected chi connectivity index (χ0v) is 88.7. The molecule has 8 rings (SSSR count). The Balaban J connectivity index is 0.569. The van der Waals surface area contributed by atoms with Crippen molar-refractivity contribution < 1.29 is 133 Å². The molecule has 5 aromatic rings. The number of imide groups is 1. The number of hydrogen-bond donors (Lipinski definition) is 7. The number of amides is 8. The van der Waals surface area contributed by atoms with E-state index in [0.29, 0.717) is 216 Å². The fourth-order valence-corrected chi connectivity index (χ4v) is 17.8. The lowest BCUT2D eigenvalue weighted by molar-refractivity contribution is -0.160. The zero-order chi connectivity index (χ0) is 107. The molecule has 39 heteroatoms. The number of carboxylic acid groups (broad SMARTS) is 2. The Morgan fingerprint density at radius 3 is 1.60 bits per heavy atom. The van der Waals surface area contributed by atoms with E-state index in [1.165, 1.54) is 79.7 Å². The van der Waals surface area contributed by atoms with Crippen LogP contribution in [0.4, 0.5) is 30.8 Å². The van der Waals surface area contributed by atoms with Gasteiger partial charge >= 0.3 is 23.9 Å². The van der Waals surface area contributed by atoms with Crippen molar-refractivity contribution in [3.8, 4) is 17.0 Å². The van der Waals surface area contributed by atoms with Crippen molar-refractivity contribution >= 4 is 89.0 Å². The Morgan fingerprint density at radius 2 is 1.09 bits per heavy atom. The van der Waals surface area contributed by atoms with E-state index < -0.39 is 65.1 Å². The molecule has 2 atom stereocenters. The van der Waals surface area contributed by atoms with Crippen LogP contribution in [0.2, 0.25) is 0 Å². The van der Waals surface area contributed by atoms with Crippen molar-refractivity contribution in [2.75, 3.05) is 235 Å². The van der Waals surface area contributed by atoms with Gasteiger partial charge < -0.3 is 112 Å². The summed E-state index contributed by atoms with van der Waals surface area (Å²) in [4.78, 5) is 147. The van der Waals surface area contributed by atoms with Crippen molar-refractivity contribution in [2.45, 2.75) is 226 Å². The van der Waals surface area contributed by atoms with Gasteiger partial charge in [0, 0.05) is 106 Å². The third-order valence-corrected chi connectivity index (χ3v) is 26.6. The molecule has 149 heavy (non-hydrogen) atoms. The Kier molecular flexibility index (Phi) is 58.4. The molecule has 1 aromatic heterocycles. The molecule has 37 nitrogen and oxygen atoms in total. The highest BCUT2D eigenvalue weighted by molar-refractivity contribution is 6.18. The molecule has 3 aliphatic heterocycles. The molecule has 4 aromatic carbocycles. The number of carboxylic acids is 2. The Labute approximate surface area is 876 Å². The molecular formula is C110H163F2N11O26. The van der Waals surface area contributed by atoms with E-state index in [0.717, 1.165) is 126 Å². The number of benzene rings is 4. The number of urea groups is 1. The maximum Gasteiger partial charge on any atom is 0.329 e. The van der Waals surface area contributed by atoms with Gasteiger partial charge in [-0.15, -0.1) is 0 Å². The number of unbranched alkanes of at least 4 members (excludes halogenated alkanes) is 14. The van der Waals surface area contributed by atoms with Gasteiger partial charge in [0.15, 0.2) is 0 Å². The molecule has 1 unspecified atom stereocenters. The fourth-order valence-electron chi connectivity index (χ4n) is 17.8. The number of ether oxygens (including phenoxy) is 14. The summed E-state index contributed by atoms with van der Waals surface area (Å²) in [7, 11) is 3.07. The summed E-state index contributed by atoms with van der Waals surface area (Å²) in [5, 5.41) is 29.5. The smallest absolute Gasteiger partial charge is 0.329 e. The van der Waals surface area contributed by atoms with E-state index >= 15 is 8.78 Å². The molecule has 1 spiro atoms. The number of aliphatic imine (C=N–C) groups is 2. The van der Waals surface area contributed by atoms with Gasteiger partial charge in [0.05, 0.1) is 183 Å². The molecule has 0 aliphatic carbocycles. The highest BCUT2D eigenvalue weighted by atomic mass is 19.1. The monoisotopic (exact) mass is 2090 g/mol. The number of rotatable bonds is 80. The van der Waals surface area contributed by atoms with Gasteiger partial charge in [0.2, 0.25) is 23.6 Å². The van der Waals surface area contributed by atoms with Gasteiger partial charge in [-0.2, -0.15) is 0 Å². The third kappa shape index (κ3) is 45.8. The number of aromatic nitrogens is 1. The molecule has 7 N–H and O–H groups in total. The largest absolute Gasteiger partial charge is 0.495 e. The van der Waals surface area contributed by atoms with E-state index in [2.05, 4.69) is 66.9 Å². The molecule has 8 amide bonds. The SMILES string of the molecule is C=Nc1[nH]c(-c2ccc(CCN3CCC4(CC3)CCN(C(=O)c3ccc(OC)c(N5CCC(=O)NC5=O)c3)CC4)cc2)cc1/C(=N\C)c1cc(F)cc(NC(=O)c2ccc(C(C)(C)OC(=O)[C@H](C)NC(=O)CCOCCOCCOCCOCCOCCOCCOCCOCCOCCOCCOCCOCCNC(=O)CCC(C(=O)O)N(CCCCCCCCCCC)C(=O)CCCCCCCCCC(=O)O)cc2F)c1C. The van der Waals surface area contributed by atoms with E-state index in [9.17, 15) is 53.1 Å². The molecule has 0 saturated carbocycles. The van der Waals surface area contributed by atoms with Gasteiger partial charge in [-0.05, 0) is 181 Å². The van der Waals surface area contributed by atoms with Gasteiger partial charge in [-0.25, -0.2) is 28.2 Å². The molecule has 0 bridgehead atoms. The van der Waals surface area contributed by atoms with Crippen LogP contribution in [0, 0.1) is 24.0 Å². The van der Waals surface area contributed by atoms with E-state index in [-0.39, 0.29) is 124 Å². The number of anilines is 2. The highest BCUT2D eigenvalue weighted by Crippen LogP contribution is 2.43. The zero-order valence-electron chi connectivity index (χ0n) is 88.7. The first-order valence-electron chi connectivity index (χ1n) is 53.1. The van der Waals surface area contributed by atoms with Crippen LogP contribution in [-0.2, 0) is 107 Å². The molecule has 3 saturated heterocycles. The normalized spacial score (nSPS) is 14.3. The number of methoxy groups -OCH3 is 1. The molecule has 0 radical (unpaired) electrons. The van der Waals surface area contributed by atoms with Crippen LogP contribution in [-0.4, -0.2) is 339 Å². The number of aliphatic carboxylic acids is 2. The Bertz CT molecular complexity index is 4910. The summed E-state index contributed by atoms with van der Waals surface area (Å²) in [5.74, 6) is -5.74. The van der Waals surface area contributed by atoms with Gasteiger partial charge in [0.1, 0.15) is 40.9 Å². The number of carbonyl (C=O) groups is 10. The first-order valence-corrected chi connectivity index (χ1v) is 53.1. The van der Waals surface area contributed by atoms with Crippen LogP contribution in [0.3, 0.4) is 0 Å². The number of likely N-dealkylation sites (tertiary alicyclic amines) is 2. The molecule has 3 aliphatic rings. The van der Waals surface area contributed by atoms with Crippen molar-refractivity contribution in [3.63, 3.8) is 0 Å². The number of nitrogens with zero attached hydrogens (tertiary/aromatic N) is 6. The van der Waals surface area contributed by atoms with Crippen LogP contribution in [0.15, 0.2) is 88.8 Å². The molecular weight excluding hydrogens is 1930 g/mol. The average Bonchev–Trinajstić information content (AvgIpc) is 1.67. The Hall–Kier alpha value is -10.7. The average molecular weight is 2090 g/mol. The summed E-state index contributed by atoms with van der Waals surface area (Å²) >= 11 is 0. The number of carbonyl (C=O) groups excluding carboxylic acids is 8. The summed E-state index contributed by atoms with van der Waals surface area (Å²) in [6.45, 7) is 25.6. The van der Waals surface area contributed by atoms with E-state index in [1.807, 2.05) is 23.1 Å². The predicted molar refractivity (Wildman–Crippen MR) is 561 cm³/mol. The number of esters is 1. The first kappa shape index (κ1) is 124. The second-order valence-corrected chi connectivity index (χ2v) is 38.0. The van der Waals surface area contributed by atoms with Crippen LogP contribution >= 0.6 is 0 Å². The van der Waals surface area contributed by atoms with E-state index in [4.69, 9.17) is 71.4 Å².